The third kappa shape index (κ3) is 2.52. The van der Waals surface area contributed by atoms with Gasteiger partial charge in [-0.05, 0) is 57.6 Å². The second-order valence-corrected chi connectivity index (χ2v) is 11.9. The van der Waals surface area contributed by atoms with E-state index >= 15 is 0 Å². The first-order valence-corrected chi connectivity index (χ1v) is 14.8. The summed E-state index contributed by atoms with van der Waals surface area (Å²) in [4.78, 5) is 7.58. The van der Waals surface area contributed by atoms with Crippen LogP contribution in [0.25, 0.3) is 38.6 Å². The first-order chi connectivity index (χ1) is 20.8. The zero-order chi connectivity index (χ0) is 27.6. The van der Waals surface area contributed by atoms with Gasteiger partial charge < -0.3 is 9.47 Å². The monoisotopic (exact) mass is 537 g/mol. The van der Waals surface area contributed by atoms with Gasteiger partial charge in [0.2, 0.25) is 0 Å². The summed E-state index contributed by atoms with van der Waals surface area (Å²) in [6.45, 7) is 0. The van der Waals surface area contributed by atoms with Crippen LogP contribution in [0, 0.1) is 0 Å². The van der Waals surface area contributed by atoms with Crippen molar-refractivity contribution in [2.75, 3.05) is 7.05 Å². The molecule has 42 heavy (non-hydrogen) atoms. The number of fused-ring (bicyclic) bond motifs is 13. The minimum absolute atomic E-state index is 0.154. The Labute approximate surface area is 244 Å². The molecule has 3 heterocycles. The van der Waals surface area contributed by atoms with Crippen LogP contribution in [0.15, 0.2) is 138 Å². The van der Waals surface area contributed by atoms with E-state index in [1.165, 1.54) is 66.4 Å². The number of benzene rings is 5. The van der Waals surface area contributed by atoms with Crippen molar-refractivity contribution in [3.05, 3.63) is 161 Å². The van der Waals surface area contributed by atoms with E-state index in [0.717, 1.165) is 5.84 Å². The molecule has 1 aromatic heterocycles. The predicted molar refractivity (Wildman–Crippen MR) is 172 cm³/mol. The average molecular weight is 538 g/mol. The van der Waals surface area contributed by atoms with E-state index in [1.807, 2.05) is 0 Å². The number of amidine groups is 1. The molecule has 0 radical (unpaired) electrons. The fourth-order valence-corrected chi connectivity index (χ4v) is 8.42. The maximum atomic E-state index is 5.23. The van der Waals surface area contributed by atoms with E-state index in [-0.39, 0.29) is 12.1 Å². The van der Waals surface area contributed by atoms with Gasteiger partial charge in [0, 0.05) is 23.4 Å². The zero-order valence-corrected chi connectivity index (χ0v) is 23.2. The molecule has 3 nitrogen and oxygen atoms in total. The summed E-state index contributed by atoms with van der Waals surface area (Å²) >= 11 is 0. The van der Waals surface area contributed by atoms with Gasteiger partial charge in [0.05, 0.1) is 34.2 Å². The normalized spacial score (nSPS) is 20.1. The molecule has 0 saturated carbocycles. The number of rotatable bonds is 1. The quantitative estimate of drug-likeness (QED) is 0.208. The van der Waals surface area contributed by atoms with Crippen LogP contribution in [0.2, 0.25) is 0 Å². The largest absolute Gasteiger partial charge is 0.351 e. The van der Waals surface area contributed by atoms with Crippen LogP contribution in [0.1, 0.15) is 27.8 Å². The van der Waals surface area contributed by atoms with Crippen molar-refractivity contribution in [3.8, 4) is 16.8 Å². The summed E-state index contributed by atoms with van der Waals surface area (Å²) in [6.07, 6.45) is 8.75. The highest BCUT2D eigenvalue weighted by molar-refractivity contribution is 6.13. The Balaban J connectivity index is 1.38. The molecule has 198 valence electrons. The fourth-order valence-electron chi connectivity index (χ4n) is 8.42. The Hall–Kier alpha value is -5.15. The fraction of sp³-hybridized carbons (Fsp3) is 0.103. The Morgan fingerprint density at radius 1 is 0.643 bits per heavy atom. The molecule has 2 aliphatic carbocycles. The third-order valence-electron chi connectivity index (χ3n) is 10.1. The van der Waals surface area contributed by atoms with Crippen LogP contribution in [0.3, 0.4) is 0 Å². The molecule has 2 unspecified atom stereocenters. The average Bonchev–Trinajstić information content (AvgIpc) is 3.67. The van der Waals surface area contributed by atoms with Gasteiger partial charge in [-0.2, -0.15) is 0 Å². The van der Waals surface area contributed by atoms with Gasteiger partial charge in [-0.25, -0.2) is 0 Å². The SMILES string of the molecule is CN1C(c2ccc3c(c2)C2(c4ccccc4-c4ccccc42)c2cccc4c5ccccc5n-3c24)=NC2C=CC=CC21. The minimum Gasteiger partial charge on any atom is -0.351 e. The molecule has 0 N–H and O–H groups in total. The van der Waals surface area contributed by atoms with Gasteiger partial charge in [0.1, 0.15) is 5.84 Å². The van der Waals surface area contributed by atoms with Gasteiger partial charge in [-0.1, -0.05) is 109 Å². The Kier molecular flexibility index (Phi) is 4.17. The van der Waals surface area contributed by atoms with Crippen molar-refractivity contribution in [2.45, 2.75) is 17.5 Å². The molecule has 6 aromatic rings. The van der Waals surface area contributed by atoms with Crippen LogP contribution < -0.4 is 0 Å². The van der Waals surface area contributed by atoms with Gasteiger partial charge >= 0.3 is 0 Å². The lowest BCUT2D eigenvalue weighted by atomic mass is 9.65. The van der Waals surface area contributed by atoms with Crippen molar-refractivity contribution >= 4 is 27.6 Å². The van der Waals surface area contributed by atoms with Crippen LogP contribution in [0.4, 0.5) is 0 Å². The highest BCUT2D eigenvalue weighted by Gasteiger charge is 2.51. The summed E-state index contributed by atoms with van der Waals surface area (Å²) < 4.78 is 2.51. The lowest BCUT2D eigenvalue weighted by Crippen LogP contribution is -2.36. The summed E-state index contributed by atoms with van der Waals surface area (Å²) in [5, 5.41) is 2.60. The standard InChI is InChI=1S/C39H27N3/c1-41-36-20-9-7-18-33(36)40-38(41)24-21-22-35-32(23-24)39(29-15-5-2-11-25(29)26-12-3-6-16-30(26)39)31-17-10-14-28-27-13-4-8-19-34(27)42(35)37(28)31/h2-23,33,36H,1H3. The van der Waals surface area contributed by atoms with Gasteiger partial charge in [-0.15, -0.1) is 0 Å². The van der Waals surface area contributed by atoms with Crippen LogP contribution >= 0.6 is 0 Å². The highest BCUT2D eigenvalue weighted by atomic mass is 15.3. The highest BCUT2D eigenvalue weighted by Crippen LogP contribution is 2.61. The first kappa shape index (κ1) is 22.5. The number of hydrogen-bond donors (Lipinski definition) is 0. The second-order valence-electron chi connectivity index (χ2n) is 11.9. The van der Waals surface area contributed by atoms with Crippen LogP contribution in [0.5, 0.6) is 0 Å². The lowest BCUT2D eigenvalue weighted by molar-refractivity contribution is 0.437. The Morgan fingerprint density at radius 3 is 2.14 bits per heavy atom. The number of para-hydroxylation sites is 2. The van der Waals surface area contributed by atoms with Crippen molar-refractivity contribution in [3.63, 3.8) is 0 Å². The van der Waals surface area contributed by atoms with E-state index in [0.29, 0.717) is 0 Å². The molecule has 0 amide bonds. The Bertz CT molecular complexity index is 2200. The van der Waals surface area contributed by atoms with Crippen molar-refractivity contribution in [1.29, 1.82) is 0 Å². The first-order valence-electron chi connectivity index (χ1n) is 14.8. The van der Waals surface area contributed by atoms with Crippen molar-refractivity contribution in [2.24, 2.45) is 4.99 Å². The van der Waals surface area contributed by atoms with E-state index in [9.17, 15) is 0 Å². The van der Waals surface area contributed by atoms with Gasteiger partial charge in [0.25, 0.3) is 0 Å². The van der Waals surface area contributed by atoms with E-state index in [4.69, 9.17) is 4.99 Å². The molecule has 10 rings (SSSR count). The van der Waals surface area contributed by atoms with E-state index in [1.54, 1.807) is 0 Å². The van der Waals surface area contributed by atoms with Crippen LogP contribution in [-0.2, 0) is 5.41 Å². The van der Waals surface area contributed by atoms with Crippen molar-refractivity contribution in [1.82, 2.24) is 9.47 Å². The number of hydrogen-bond acceptors (Lipinski definition) is 2. The molecule has 4 aliphatic rings. The molecule has 0 saturated heterocycles. The maximum absolute atomic E-state index is 5.23. The zero-order valence-electron chi connectivity index (χ0n) is 23.2. The Morgan fingerprint density at radius 2 is 1.33 bits per heavy atom. The van der Waals surface area contributed by atoms with Crippen molar-refractivity contribution < 1.29 is 0 Å². The van der Waals surface area contributed by atoms with E-state index < -0.39 is 5.41 Å². The molecular formula is C39H27N3. The summed E-state index contributed by atoms with van der Waals surface area (Å²) in [7, 11) is 2.18. The molecule has 2 aliphatic heterocycles. The molecule has 1 spiro atoms. The smallest absolute Gasteiger partial charge is 0.131 e. The maximum Gasteiger partial charge on any atom is 0.131 e. The number of likely N-dealkylation sites (N-methyl/N-ethyl adjacent to an activating group) is 1. The molecular weight excluding hydrogens is 510 g/mol. The number of aliphatic imine (C=N–C) groups is 1. The van der Waals surface area contributed by atoms with Crippen LogP contribution in [-0.4, -0.2) is 34.4 Å². The number of nitrogens with zero attached hydrogens (tertiary/aromatic N) is 3. The molecule has 5 aromatic carbocycles. The second kappa shape index (κ2) is 7.77. The third-order valence-corrected chi connectivity index (χ3v) is 10.1. The van der Waals surface area contributed by atoms with Gasteiger partial charge in [0.15, 0.2) is 0 Å². The number of aromatic nitrogens is 1. The summed E-state index contributed by atoms with van der Waals surface area (Å²) in [6, 6.07) is 41.4. The molecule has 2 atom stereocenters. The predicted octanol–water partition coefficient (Wildman–Crippen LogP) is 8.02. The summed E-state index contributed by atoms with van der Waals surface area (Å²) in [5.74, 6) is 1.06. The van der Waals surface area contributed by atoms with E-state index in [2.05, 4.69) is 150 Å². The molecule has 0 bridgehead atoms. The summed E-state index contributed by atoms with van der Waals surface area (Å²) in [5.41, 5.74) is 12.5. The minimum atomic E-state index is -0.438. The number of allylic oxidation sites excluding steroid dienone is 2. The lowest BCUT2D eigenvalue weighted by Gasteiger charge is -2.40. The molecule has 3 heteroatoms. The topological polar surface area (TPSA) is 20.5 Å². The molecule has 0 fully saturated rings. The van der Waals surface area contributed by atoms with Gasteiger partial charge in [-0.3, -0.25) is 4.99 Å².